The number of amides is 2. The highest BCUT2D eigenvalue weighted by Crippen LogP contribution is 2.29. The van der Waals surface area contributed by atoms with E-state index in [0.717, 1.165) is 3.57 Å². The van der Waals surface area contributed by atoms with E-state index in [-0.39, 0.29) is 12.5 Å². The fourth-order valence-corrected chi connectivity index (χ4v) is 2.46. The molecule has 0 radical (unpaired) electrons. The third-order valence-electron chi connectivity index (χ3n) is 2.98. The van der Waals surface area contributed by atoms with Gasteiger partial charge in [-0.15, -0.1) is 0 Å². The molecule has 0 unspecified atom stereocenters. The van der Waals surface area contributed by atoms with Crippen molar-refractivity contribution in [3.8, 4) is 11.5 Å². The highest BCUT2D eigenvalue weighted by Gasteiger charge is 2.15. The van der Waals surface area contributed by atoms with E-state index in [1.54, 1.807) is 36.4 Å². The summed E-state index contributed by atoms with van der Waals surface area (Å²) in [7, 11) is 1.49. The molecule has 0 aliphatic carbocycles. The molecule has 0 saturated carbocycles. The third-order valence-corrected chi connectivity index (χ3v) is 4.50. The second kappa shape index (κ2) is 8.20. The van der Waals surface area contributed by atoms with Crippen LogP contribution in [0.5, 0.6) is 11.5 Å². The number of nitrogens with one attached hydrogen (secondary N) is 1. The van der Waals surface area contributed by atoms with Crippen molar-refractivity contribution in [2.75, 3.05) is 19.0 Å². The van der Waals surface area contributed by atoms with Crippen molar-refractivity contribution in [2.45, 2.75) is 0 Å². The molecule has 0 aromatic heterocycles. The number of primary amides is 1. The largest absolute Gasteiger partial charge is 0.496 e. The first-order chi connectivity index (χ1) is 11.4. The number of hydrogen-bond acceptors (Lipinski definition) is 4. The standard InChI is InChI=1S/C16H14ClIN2O4/c1-23-14-7-13(18)12(17)6-11(14)16(22)20-9-2-4-10(5-3-9)24-8-15(19)21/h2-7H,8H2,1H3,(H2,19,21)(H,20,22). The minimum Gasteiger partial charge on any atom is -0.496 e. The number of nitrogens with two attached hydrogens (primary N) is 1. The van der Waals surface area contributed by atoms with Gasteiger partial charge < -0.3 is 20.5 Å². The summed E-state index contributed by atoms with van der Waals surface area (Å²) in [4.78, 5) is 23.1. The number of hydrogen-bond donors (Lipinski definition) is 2. The predicted octanol–water partition coefficient (Wildman–Crippen LogP) is 3.07. The van der Waals surface area contributed by atoms with Gasteiger partial charge in [0.15, 0.2) is 6.61 Å². The molecule has 3 N–H and O–H groups in total. The molecular weight excluding hydrogens is 447 g/mol. The molecule has 0 fully saturated rings. The molecule has 126 valence electrons. The first-order valence-corrected chi connectivity index (χ1v) is 8.22. The second-order valence-electron chi connectivity index (χ2n) is 4.70. The highest BCUT2D eigenvalue weighted by molar-refractivity contribution is 14.1. The number of anilines is 1. The summed E-state index contributed by atoms with van der Waals surface area (Å²) in [5.41, 5.74) is 5.90. The van der Waals surface area contributed by atoms with Crippen molar-refractivity contribution in [1.29, 1.82) is 0 Å². The van der Waals surface area contributed by atoms with E-state index in [1.165, 1.54) is 7.11 Å². The van der Waals surface area contributed by atoms with Crippen molar-refractivity contribution in [1.82, 2.24) is 0 Å². The van der Waals surface area contributed by atoms with Crippen LogP contribution in [0.2, 0.25) is 5.02 Å². The molecule has 0 aliphatic rings. The maximum absolute atomic E-state index is 12.4. The van der Waals surface area contributed by atoms with Gasteiger partial charge in [-0.3, -0.25) is 9.59 Å². The summed E-state index contributed by atoms with van der Waals surface area (Å²) in [6, 6.07) is 9.79. The van der Waals surface area contributed by atoms with E-state index < -0.39 is 5.91 Å². The Kier molecular flexibility index (Phi) is 6.27. The van der Waals surface area contributed by atoms with Crippen molar-refractivity contribution >= 4 is 51.7 Å². The van der Waals surface area contributed by atoms with Crippen molar-refractivity contribution in [3.63, 3.8) is 0 Å². The fourth-order valence-electron chi connectivity index (χ4n) is 1.86. The average molecular weight is 461 g/mol. The van der Waals surface area contributed by atoms with E-state index in [9.17, 15) is 9.59 Å². The minimum absolute atomic E-state index is 0.204. The maximum atomic E-state index is 12.4. The summed E-state index contributed by atoms with van der Waals surface area (Å²) in [5.74, 6) is -0.00424. The lowest BCUT2D eigenvalue weighted by molar-refractivity contribution is -0.119. The molecule has 2 aromatic rings. The topological polar surface area (TPSA) is 90.7 Å². The quantitative estimate of drug-likeness (QED) is 0.648. The Morgan fingerprint density at radius 2 is 1.92 bits per heavy atom. The molecule has 0 bridgehead atoms. The van der Waals surface area contributed by atoms with Gasteiger partial charge in [0, 0.05) is 9.26 Å². The van der Waals surface area contributed by atoms with E-state index in [4.69, 9.17) is 26.8 Å². The summed E-state index contributed by atoms with van der Waals surface area (Å²) in [6.07, 6.45) is 0. The van der Waals surface area contributed by atoms with Gasteiger partial charge in [0.05, 0.1) is 17.7 Å². The van der Waals surface area contributed by atoms with Crippen LogP contribution in [-0.4, -0.2) is 25.5 Å². The van der Waals surface area contributed by atoms with Crippen LogP contribution < -0.4 is 20.5 Å². The zero-order valence-electron chi connectivity index (χ0n) is 12.6. The molecule has 0 atom stereocenters. The van der Waals surface area contributed by atoms with E-state index in [0.29, 0.717) is 27.8 Å². The molecule has 2 aromatic carbocycles. The lowest BCUT2D eigenvalue weighted by Gasteiger charge is -2.11. The third kappa shape index (κ3) is 4.75. The minimum atomic E-state index is -0.560. The molecule has 8 heteroatoms. The van der Waals surface area contributed by atoms with Crippen LogP contribution in [0.25, 0.3) is 0 Å². The number of rotatable bonds is 6. The number of carbonyl (C=O) groups excluding carboxylic acids is 2. The molecule has 2 rings (SSSR count). The molecule has 0 heterocycles. The number of methoxy groups -OCH3 is 1. The van der Waals surface area contributed by atoms with Gasteiger partial charge in [-0.25, -0.2) is 0 Å². The van der Waals surface area contributed by atoms with Crippen LogP contribution in [0.3, 0.4) is 0 Å². The van der Waals surface area contributed by atoms with Gasteiger partial charge >= 0.3 is 0 Å². The van der Waals surface area contributed by atoms with Crippen LogP contribution >= 0.6 is 34.2 Å². The predicted molar refractivity (Wildman–Crippen MR) is 99.8 cm³/mol. The first-order valence-electron chi connectivity index (χ1n) is 6.76. The van der Waals surface area contributed by atoms with Crippen LogP contribution in [0.15, 0.2) is 36.4 Å². The Bertz CT molecular complexity index is 765. The SMILES string of the molecule is COc1cc(I)c(Cl)cc1C(=O)Nc1ccc(OCC(N)=O)cc1. The second-order valence-corrected chi connectivity index (χ2v) is 6.27. The van der Waals surface area contributed by atoms with Crippen molar-refractivity contribution in [2.24, 2.45) is 5.73 Å². The summed E-state index contributed by atoms with van der Waals surface area (Å²) < 4.78 is 11.2. The zero-order valence-corrected chi connectivity index (χ0v) is 15.6. The highest BCUT2D eigenvalue weighted by atomic mass is 127. The van der Waals surface area contributed by atoms with Gasteiger partial charge in [0.1, 0.15) is 11.5 Å². The van der Waals surface area contributed by atoms with Crippen LogP contribution in [0, 0.1) is 3.57 Å². The molecule has 0 spiro atoms. The van der Waals surface area contributed by atoms with Gasteiger partial charge in [-0.2, -0.15) is 0 Å². The van der Waals surface area contributed by atoms with E-state index in [1.807, 2.05) is 0 Å². The number of benzene rings is 2. The van der Waals surface area contributed by atoms with Crippen molar-refractivity contribution < 1.29 is 19.1 Å². The zero-order chi connectivity index (χ0) is 17.7. The number of halogens is 2. The first kappa shape index (κ1) is 18.3. The van der Waals surface area contributed by atoms with Gasteiger partial charge in [0.2, 0.25) is 0 Å². The van der Waals surface area contributed by atoms with Crippen LogP contribution in [0.4, 0.5) is 5.69 Å². The molecular formula is C16H14ClIN2O4. The Labute approximate surface area is 157 Å². The summed E-state index contributed by atoms with van der Waals surface area (Å²) >= 11 is 8.14. The maximum Gasteiger partial charge on any atom is 0.259 e. The Balaban J connectivity index is 2.12. The average Bonchev–Trinajstić information content (AvgIpc) is 2.56. The normalized spacial score (nSPS) is 10.1. The summed E-state index contributed by atoms with van der Waals surface area (Å²) in [6.45, 7) is -0.204. The van der Waals surface area contributed by atoms with Gasteiger partial charge in [-0.05, 0) is 59.0 Å². The summed E-state index contributed by atoms with van der Waals surface area (Å²) in [5, 5.41) is 3.21. The number of ether oxygens (including phenoxy) is 2. The van der Waals surface area contributed by atoms with E-state index in [2.05, 4.69) is 27.9 Å². The molecule has 0 saturated heterocycles. The van der Waals surface area contributed by atoms with Crippen LogP contribution in [-0.2, 0) is 4.79 Å². The molecule has 24 heavy (non-hydrogen) atoms. The lowest BCUT2D eigenvalue weighted by atomic mass is 10.2. The molecule has 6 nitrogen and oxygen atoms in total. The monoisotopic (exact) mass is 460 g/mol. The van der Waals surface area contributed by atoms with Gasteiger partial charge in [0.25, 0.3) is 11.8 Å². The van der Waals surface area contributed by atoms with E-state index >= 15 is 0 Å². The Morgan fingerprint density at radius 3 is 2.50 bits per heavy atom. The Morgan fingerprint density at radius 1 is 1.25 bits per heavy atom. The van der Waals surface area contributed by atoms with Gasteiger partial charge in [-0.1, -0.05) is 11.6 Å². The smallest absolute Gasteiger partial charge is 0.259 e. The fraction of sp³-hybridized carbons (Fsp3) is 0.125. The number of carbonyl (C=O) groups is 2. The Hall–Kier alpha value is -2.00. The van der Waals surface area contributed by atoms with Crippen molar-refractivity contribution in [3.05, 3.63) is 50.6 Å². The molecule has 0 aliphatic heterocycles. The molecule has 2 amide bonds. The van der Waals surface area contributed by atoms with Crippen LogP contribution in [0.1, 0.15) is 10.4 Å². The lowest BCUT2D eigenvalue weighted by Crippen LogP contribution is -2.20.